The molecule has 1 fully saturated rings. The van der Waals surface area contributed by atoms with Crippen LogP contribution in [0, 0.1) is 12.8 Å². The predicted octanol–water partition coefficient (Wildman–Crippen LogP) is 0.478. The van der Waals surface area contributed by atoms with Crippen LogP contribution in [-0.4, -0.2) is 41.9 Å². The van der Waals surface area contributed by atoms with Crippen LogP contribution >= 0.6 is 0 Å². The van der Waals surface area contributed by atoms with Crippen molar-refractivity contribution in [3.05, 3.63) is 12.0 Å². The second-order valence-electron chi connectivity index (χ2n) is 5.19. The fourth-order valence-electron chi connectivity index (χ4n) is 2.50. The molecule has 1 aromatic rings. The summed E-state index contributed by atoms with van der Waals surface area (Å²) in [6, 6.07) is 0. The zero-order valence-electron chi connectivity index (χ0n) is 11.5. The van der Waals surface area contributed by atoms with Crippen molar-refractivity contribution in [3.8, 4) is 0 Å². The summed E-state index contributed by atoms with van der Waals surface area (Å²) in [6.45, 7) is 3.56. The number of piperidine rings is 1. The van der Waals surface area contributed by atoms with E-state index >= 15 is 0 Å². The van der Waals surface area contributed by atoms with Gasteiger partial charge in [0.25, 0.3) is 10.0 Å². The Kier molecular flexibility index (Phi) is 4.27. The lowest BCUT2D eigenvalue weighted by Gasteiger charge is -2.31. The van der Waals surface area contributed by atoms with Crippen molar-refractivity contribution in [2.24, 2.45) is 18.7 Å². The number of nitrogens with zero attached hydrogens (tertiary/aromatic N) is 3. The highest BCUT2D eigenvalue weighted by atomic mass is 32.2. The zero-order valence-corrected chi connectivity index (χ0v) is 12.4. The van der Waals surface area contributed by atoms with Crippen LogP contribution in [0.15, 0.2) is 11.2 Å². The van der Waals surface area contributed by atoms with Gasteiger partial charge in [0.2, 0.25) is 0 Å². The van der Waals surface area contributed by atoms with Crippen molar-refractivity contribution in [1.82, 2.24) is 13.9 Å². The van der Waals surface area contributed by atoms with Gasteiger partial charge in [0.15, 0.2) is 5.03 Å². The normalized spacial score (nSPS) is 21.7. The third-order valence-electron chi connectivity index (χ3n) is 3.75. The highest BCUT2D eigenvalue weighted by Gasteiger charge is 2.31. The van der Waals surface area contributed by atoms with Gasteiger partial charge >= 0.3 is 0 Å². The summed E-state index contributed by atoms with van der Waals surface area (Å²) in [5.41, 5.74) is 5.56. The second kappa shape index (κ2) is 5.60. The molecule has 1 atom stereocenters. The fraction of sp³-hybridized carbons (Fsp3) is 0.750. The topological polar surface area (TPSA) is 81.2 Å². The van der Waals surface area contributed by atoms with E-state index in [1.54, 1.807) is 29.0 Å². The highest BCUT2D eigenvalue weighted by Crippen LogP contribution is 2.24. The molecule has 1 saturated heterocycles. The van der Waals surface area contributed by atoms with Crippen molar-refractivity contribution in [2.75, 3.05) is 19.6 Å². The fourth-order valence-corrected chi connectivity index (χ4v) is 4.08. The number of aromatic nitrogens is 2. The summed E-state index contributed by atoms with van der Waals surface area (Å²) in [7, 11) is -1.65. The van der Waals surface area contributed by atoms with Gasteiger partial charge in [-0.2, -0.15) is 4.31 Å². The molecule has 1 aromatic heterocycles. The van der Waals surface area contributed by atoms with Crippen LogP contribution in [0.25, 0.3) is 0 Å². The van der Waals surface area contributed by atoms with E-state index in [-0.39, 0.29) is 5.03 Å². The Morgan fingerprint density at radius 3 is 2.84 bits per heavy atom. The first kappa shape index (κ1) is 14.5. The number of imidazole rings is 1. The van der Waals surface area contributed by atoms with Crippen LogP contribution in [0.2, 0.25) is 0 Å². The van der Waals surface area contributed by atoms with Crippen molar-refractivity contribution < 1.29 is 8.42 Å². The van der Waals surface area contributed by atoms with E-state index in [0.717, 1.165) is 19.3 Å². The molecule has 0 aliphatic carbocycles. The monoisotopic (exact) mass is 286 g/mol. The number of nitrogens with two attached hydrogens (primary N) is 1. The quantitative estimate of drug-likeness (QED) is 0.873. The molecule has 6 nitrogen and oxygen atoms in total. The van der Waals surface area contributed by atoms with Gasteiger partial charge in [0.1, 0.15) is 5.82 Å². The number of hydrogen-bond acceptors (Lipinski definition) is 4. The van der Waals surface area contributed by atoms with Gasteiger partial charge < -0.3 is 10.3 Å². The predicted molar refractivity (Wildman–Crippen MR) is 73.1 cm³/mol. The lowest BCUT2D eigenvalue weighted by atomic mass is 9.96. The first-order valence-electron chi connectivity index (χ1n) is 6.65. The number of sulfonamides is 1. The van der Waals surface area contributed by atoms with Crippen molar-refractivity contribution in [3.63, 3.8) is 0 Å². The Labute approximate surface area is 114 Å². The maximum atomic E-state index is 12.5. The van der Waals surface area contributed by atoms with Gasteiger partial charge in [-0.1, -0.05) is 0 Å². The minimum atomic E-state index is -3.45. The van der Waals surface area contributed by atoms with E-state index in [9.17, 15) is 8.42 Å². The molecule has 2 heterocycles. The summed E-state index contributed by atoms with van der Waals surface area (Å²) in [5, 5.41) is 0.154. The molecule has 0 saturated carbocycles. The van der Waals surface area contributed by atoms with Crippen molar-refractivity contribution in [2.45, 2.75) is 31.2 Å². The third-order valence-corrected chi connectivity index (χ3v) is 5.48. The average molecular weight is 286 g/mol. The largest absolute Gasteiger partial charge is 0.337 e. The van der Waals surface area contributed by atoms with Gasteiger partial charge in [0, 0.05) is 26.3 Å². The van der Waals surface area contributed by atoms with E-state index in [1.807, 2.05) is 0 Å². The number of hydrogen-bond donors (Lipinski definition) is 1. The molecule has 1 aliphatic rings. The molecule has 1 aliphatic heterocycles. The van der Waals surface area contributed by atoms with Crippen molar-refractivity contribution >= 4 is 10.0 Å². The molecule has 0 bridgehead atoms. The number of rotatable bonds is 4. The van der Waals surface area contributed by atoms with Gasteiger partial charge in [-0.05, 0) is 38.6 Å². The second-order valence-corrected chi connectivity index (χ2v) is 7.07. The molecule has 2 N–H and O–H groups in total. The minimum Gasteiger partial charge on any atom is -0.337 e. The van der Waals surface area contributed by atoms with Gasteiger partial charge in [-0.15, -0.1) is 0 Å². The highest BCUT2D eigenvalue weighted by molar-refractivity contribution is 7.89. The van der Waals surface area contributed by atoms with E-state index in [2.05, 4.69) is 4.98 Å². The summed E-state index contributed by atoms with van der Waals surface area (Å²) < 4.78 is 28.3. The Morgan fingerprint density at radius 1 is 1.53 bits per heavy atom. The first-order valence-corrected chi connectivity index (χ1v) is 8.09. The maximum absolute atomic E-state index is 12.5. The van der Waals surface area contributed by atoms with Crippen LogP contribution in [0.1, 0.15) is 25.1 Å². The minimum absolute atomic E-state index is 0.154. The lowest BCUT2D eigenvalue weighted by molar-refractivity contribution is 0.257. The molecule has 1 unspecified atom stereocenters. The van der Waals surface area contributed by atoms with Crippen LogP contribution in [0.5, 0.6) is 0 Å². The van der Waals surface area contributed by atoms with Gasteiger partial charge in [-0.3, -0.25) is 0 Å². The van der Waals surface area contributed by atoms with Crippen molar-refractivity contribution in [1.29, 1.82) is 0 Å². The van der Waals surface area contributed by atoms with E-state index in [0.29, 0.717) is 31.4 Å². The Bertz CT molecular complexity index is 516. The SMILES string of the molecule is Cc1nc(S(=O)(=O)N2CCCC(CCN)C2)cn1C. The molecule has 108 valence electrons. The van der Waals surface area contributed by atoms with Crippen LogP contribution in [0.4, 0.5) is 0 Å². The molecular formula is C12H22N4O2S. The average Bonchev–Trinajstić information content (AvgIpc) is 2.71. The molecular weight excluding hydrogens is 264 g/mol. The Balaban J connectivity index is 2.19. The van der Waals surface area contributed by atoms with Gasteiger partial charge in [-0.25, -0.2) is 13.4 Å². The first-order chi connectivity index (χ1) is 8.95. The van der Waals surface area contributed by atoms with Crippen LogP contribution < -0.4 is 5.73 Å². The summed E-state index contributed by atoms with van der Waals surface area (Å²) in [6.07, 6.45) is 4.42. The molecule has 2 rings (SSSR count). The summed E-state index contributed by atoms with van der Waals surface area (Å²) in [5.74, 6) is 1.08. The summed E-state index contributed by atoms with van der Waals surface area (Å²) >= 11 is 0. The van der Waals surface area contributed by atoms with Crippen LogP contribution in [0.3, 0.4) is 0 Å². The standard InChI is InChI=1S/C12H22N4O2S/c1-10-14-12(9-15(10)2)19(17,18)16-7-3-4-11(8-16)5-6-13/h9,11H,3-8,13H2,1-2H3. The molecule has 0 spiro atoms. The summed E-state index contributed by atoms with van der Waals surface area (Å²) in [4.78, 5) is 4.14. The van der Waals surface area contributed by atoms with Crippen LogP contribution in [-0.2, 0) is 17.1 Å². The van der Waals surface area contributed by atoms with E-state index in [1.165, 1.54) is 0 Å². The Morgan fingerprint density at radius 2 is 2.26 bits per heavy atom. The Hall–Kier alpha value is -0.920. The third kappa shape index (κ3) is 2.98. The molecule has 19 heavy (non-hydrogen) atoms. The molecule has 0 radical (unpaired) electrons. The van der Waals surface area contributed by atoms with E-state index in [4.69, 9.17) is 5.73 Å². The lowest BCUT2D eigenvalue weighted by Crippen LogP contribution is -2.40. The van der Waals surface area contributed by atoms with Gasteiger partial charge in [0.05, 0.1) is 0 Å². The number of aryl methyl sites for hydroxylation is 2. The smallest absolute Gasteiger partial charge is 0.262 e. The molecule has 0 aromatic carbocycles. The zero-order chi connectivity index (χ0) is 14.0. The molecule has 0 amide bonds. The molecule has 7 heteroatoms. The maximum Gasteiger partial charge on any atom is 0.262 e. The van der Waals surface area contributed by atoms with E-state index < -0.39 is 10.0 Å².